The first kappa shape index (κ1) is 14.3. The van der Waals surface area contributed by atoms with Crippen molar-refractivity contribution in [2.24, 2.45) is 5.73 Å². The third-order valence-electron chi connectivity index (χ3n) is 3.86. The summed E-state index contributed by atoms with van der Waals surface area (Å²) in [6.07, 6.45) is 3.48. The lowest BCUT2D eigenvalue weighted by Gasteiger charge is -2.21. The molecule has 2 aromatic rings. The number of rotatable bonds is 5. The minimum absolute atomic E-state index is 0.115. The van der Waals surface area contributed by atoms with Gasteiger partial charge in [-0.15, -0.1) is 11.3 Å². The lowest BCUT2D eigenvalue weighted by Crippen LogP contribution is -2.34. The molecule has 0 radical (unpaired) electrons. The summed E-state index contributed by atoms with van der Waals surface area (Å²) in [7, 11) is 0. The Balaban J connectivity index is 1.77. The van der Waals surface area contributed by atoms with Crippen LogP contribution in [0.4, 0.5) is 0 Å². The van der Waals surface area contributed by atoms with Gasteiger partial charge in [0, 0.05) is 24.5 Å². The zero-order valence-corrected chi connectivity index (χ0v) is 12.9. The Hall–Kier alpha value is -1.65. The molecule has 1 aliphatic rings. The van der Waals surface area contributed by atoms with E-state index in [4.69, 9.17) is 5.73 Å². The number of hydrogen-bond acceptors (Lipinski definition) is 3. The molecule has 3 rings (SSSR count). The minimum atomic E-state index is 0.115. The van der Waals surface area contributed by atoms with E-state index in [-0.39, 0.29) is 5.91 Å². The molecule has 0 spiro atoms. The average Bonchev–Trinajstić information content (AvgIpc) is 3.08. The molecule has 0 bridgehead atoms. The van der Waals surface area contributed by atoms with E-state index in [0.29, 0.717) is 19.6 Å². The van der Waals surface area contributed by atoms with Crippen molar-refractivity contribution >= 4 is 17.2 Å². The van der Waals surface area contributed by atoms with Crippen LogP contribution >= 0.6 is 11.3 Å². The van der Waals surface area contributed by atoms with Crippen molar-refractivity contribution in [1.82, 2.24) is 4.90 Å². The number of aryl methyl sites for hydroxylation is 2. The van der Waals surface area contributed by atoms with Gasteiger partial charge in [-0.1, -0.05) is 30.3 Å². The van der Waals surface area contributed by atoms with Gasteiger partial charge in [-0.05, 0) is 36.5 Å². The standard InChI is InChI=1S/C17H20N2OS/c18-9-10-19(12-13-5-2-1-3-6-13)17(20)16-11-14-7-4-8-15(14)21-16/h1-3,5-6,11H,4,7-10,12,18H2. The second-order valence-corrected chi connectivity index (χ2v) is 6.55. The van der Waals surface area contributed by atoms with Gasteiger partial charge in [-0.3, -0.25) is 4.79 Å². The summed E-state index contributed by atoms with van der Waals surface area (Å²) in [6.45, 7) is 1.71. The van der Waals surface area contributed by atoms with Gasteiger partial charge in [0.15, 0.2) is 0 Å². The van der Waals surface area contributed by atoms with Gasteiger partial charge in [0.05, 0.1) is 4.88 Å². The molecule has 1 aromatic heterocycles. The van der Waals surface area contributed by atoms with Gasteiger partial charge in [0.2, 0.25) is 0 Å². The molecule has 1 amide bonds. The molecular weight excluding hydrogens is 280 g/mol. The van der Waals surface area contributed by atoms with Crippen LogP contribution in [0, 0.1) is 0 Å². The molecule has 0 atom stereocenters. The van der Waals surface area contributed by atoms with E-state index in [9.17, 15) is 4.79 Å². The number of thiophene rings is 1. The lowest BCUT2D eigenvalue weighted by molar-refractivity contribution is 0.0753. The van der Waals surface area contributed by atoms with E-state index >= 15 is 0 Å². The third-order valence-corrected chi connectivity index (χ3v) is 5.08. The highest BCUT2D eigenvalue weighted by Crippen LogP contribution is 2.31. The molecular formula is C17H20N2OS. The Morgan fingerprint density at radius 2 is 2.05 bits per heavy atom. The zero-order chi connectivity index (χ0) is 14.7. The van der Waals surface area contributed by atoms with Crippen molar-refractivity contribution in [2.75, 3.05) is 13.1 Å². The number of nitrogens with zero attached hydrogens (tertiary/aromatic N) is 1. The number of carbonyl (C=O) groups excluding carboxylic acids is 1. The average molecular weight is 300 g/mol. The number of amides is 1. The molecule has 0 saturated carbocycles. The largest absolute Gasteiger partial charge is 0.332 e. The molecule has 1 aliphatic carbocycles. The zero-order valence-electron chi connectivity index (χ0n) is 12.0. The maximum absolute atomic E-state index is 12.7. The molecule has 1 aromatic carbocycles. The molecule has 0 aliphatic heterocycles. The number of nitrogens with two attached hydrogens (primary N) is 1. The smallest absolute Gasteiger partial charge is 0.264 e. The molecule has 4 heteroatoms. The minimum Gasteiger partial charge on any atom is -0.332 e. The number of fused-ring (bicyclic) bond motifs is 1. The first-order chi connectivity index (χ1) is 10.3. The van der Waals surface area contributed by atoms with E-state index in [0.717, 1.165) is 23.3 Å². The van der Waals surface area contributed by atoms with Crippen LogP contribution in [-0.4, -0.2) is 23.9 Å². The summed E-state index contributed by atoms with van der Waals surface area (Å²) >= 11 is 1.66. The van der Waals surface area contributed by atoms with Crippen molar-refractivity contribution < 1.29 is 4.79 Å². The van der Waals surface area contributed by atoms with Crippen LogP contribution in [0.5, 0.6) is 0 Å². The van der Waals surface area contributed by atoms with Gasteiger partial charge in [0.1, 0.15) is 0 Å². The lowest BCUT2D eigenvalue weighted by atomic mass is 10.2. The number of hydrogen-bond donors (Lipinski definition) is 1. The second-order valence-electron chi connectivity index (χ2n) is 5.41. The predicted molar refractivity (Wildman–Crippen MR) is 86.6 cm³/mol. The van der Waals surface area contributed by atoms with Crippen LogP contribution in [0.1, 0.15) is 32.1 Å². The number of benzene rings is 1. The van der Waals surface area contributed by atoms with Crippen molar-refractivity contribution in [3.8, 4) is 0 Å². The van der Waals surface area contributed by atoms with Crippen molar-refractivity contribution in [3.63, 3.8) is 0 Å². The maximum atomic E-state index is 12.7. The molecule has 21 heavy (non-hydrogen) atoms. The molecule has 0 saturated heterocycles. The normalized spacial score (nSPS) is 13.2. The molecule has 1 heterocycles. The first-order valence-electron chi connectivity index (χ1n) is 7.43. The van der Waals surface area contributed by atoms with Gasteiger partial charge >= 0.3 is 0 Å². The summed E-state index contributed by atoms with van der Waals surface area (Å²) in [4.78, 5) is 16.8. The van der Waals surface area contributed by atoms with Crippen molar-refractivity contribution in [2.45, 2.75) is 25.8 Å². The second kappa shape index (κ2) is 6.41. The summed E-state index contributed by atoms with van der Waals surface area (Å²) in [6, 6.07) is 12.2. The predicted octanol–water partition coefficient (Wildman–Crippen LogP) is 2.84. The molecule has 3 nitrogen and oxygen atoms in total. The Morgan fingerprint density at radius 1 is 1.24 bits per heavy atom. The third kappa shape index (κ3) is 3.17. The fourth-order valence-corrected chi connectivity index (χ4v) is 4.02. The molecule has 0 fully saturated rings. The van der Waals surface area contributed by atoms with Gasteiger partial charge in [-0.25, -0.2) is 0 Å². The Labute approximate surface area is 129 Å². The highest BCUT2D eigenvalue weighted by molar-refractivity contribution is 7.14. The van der Waals surface area contributed by atoms with Crippen LogP contribution in [0.15, 0.2) is 36.4 Å². The molecule has 0 unspecified atom stereocenters. The van der Waals surface area contributed by atoms with E-state index in [2.05, 4.69) is 6.07 Å². The SMILES string of the molecule is NCCN(Cc1ccccc1)C(=O)c1cc2c(s1)CCC2. The van der Waals surface area contributed by atoms with Gasteiger partial charge < -0.3 is 10.6 Å². The van der Waals surface area contributed by atoms with E-state index < -0.39 is 0 Å². The van der Waals surface area contributed by atoms with Crippen LogP contribution in [0.2, 0.25) is 0 Å². The highest BCUT2D eigenvalue weighted by Gasteiger charge is 2.22. The van der Waals surface area contributed by atoms with Crippen LogP contribution in [-0.2, 0) is 19.4 Å². The van der Waals surface area contributed by atoms with Crippen LogP contribution in [0.25, 0.3) is 0 Å². The quantitative estimate of drug-likeness (QED) is 0.923. The topological polar surface area (TPSA) is 46.3 Å². The summed E-state index contributed by atoms with van der Waals surface area (Å²) < 4.78 is 0. The summed E-state index contributed by atoms with van der Waals surface area (Å²) in [5, 5.41) is 0. The monoisotopic (exact) mass is 300 g/mol. The van der Waals surface area contributed by atoms with Crippen LogP contribution < -0.4 is 5.73 Å². The fourth-order valence-electron chi connectivity index (χ4n) is 2.80. The van der Waals surface area contributed by atoms with Gasteiger partial charge in [0.25, 0.3) is 5.91 Å². The Bertz CT molecular complexity index is 599. The Morgan fingerprint density at radius 3 is 2.76 bits per heavy atom. The fraction of sp³-hybridized carbons (Fsp3) is 0.353. The van der Waals surface area contributed by atoms with Crippen LogP contribution in [0.3, 0.4) is 0 Å². The first-order valence-corrected chi connectivity index (χ1v) is 8.24. The number of carbonyl (C=O) groups is 1. The molecule has 2 N–H and O–H groups in total. The van der Waals surface area contributed by atoms with E-state index in [1.165, 1.54) is 16.9 Å². The summed E-state index contributed by atoms with van der Waals surface area (Å²) in [5.41, 5.74) is 8.19. The van der Waals surface area contributed by atoms with Crippen molar-refractivity contribution in [1.29, 1.82) is 0 Å². The van der Waals surface area contributed by atoms with E-state index in [1.807, 2.05) is 35.2 Å². The van der Waals surface area contributed by atoms with Gasteiger partial charge in [-0.2, -0.15) is 0 Å². The highest BCUT2D eigenvalue weighted by atomic mass is 32.1. The summed E-state index contributed by atoms with van der Waals surface area (Å²) in [5.74, 6) is 0.115. The van der Waals surface area contributed by atoms with Crippen molar-refractivity contribution in [3.05, 3.63) is 57.3 Å². The maximum Gasteiger partial charge on any atom is 0.264 e. The van der Waals surface area contributed by atoms with E-state index in [1.54, 1.807) is 11.3 Å². The Kier molecular flexibility index (Phi) is 4.36. The molecule has 110 valence electrons.